The molecule has 3 saturated carbocycles. The van der Waals surface area contributed by atoms with Gasteiger partial charge in [-0.15, -0.1) is 0 Å². The minimum absolute atomic E-state index is 0.191. The van der Waals surface area contributed by atoms with Gasteiger partial charge in [-0.1, -0.05) is 46.3 Å². The maximum Gasteiger partial charge on any atom is 0.336 e. The molecule has 0 radical (unpaired) electrons. The molecule has 0 amide bonds. The Labute approximate surface area is 199 Å². The minimum atomic E-state index is -0.352. The Balaban J connectivity index is 1.36. The Kier molecular flexibility index (Phi) is 5.51. The molecule has 3 fully saturated rings. The molecule has 4 heteroatoms. The van der Waals surface area contributed by atoms with Crippen LogP contribution in [0.15, 0.2) is 23.3 Å². The van der Waals surface area contributed by atoms with Gasteiger partial charge in [-0.3, -0.25) is 4.79 Å². The fourth-order valence-electron chi connectivity index (χ4n) is 9.40. The van der Waals surface area contributed by atoms with Gasteiger partial charge in [0.2, 0.25) is 0 Å². The number of ketones is 1. The van der Waals surface area contributed by atoms with E-state index in [9.17, 15) is 14.7 Å². The van der Waals surface area contributed by atoms with Gasteiger partial charge < -0.3 is 9.84 Å². The van der Waals surface area contributed by atoms with Gasteiger partial charge >= 0.3 is 5.97 Å². The number of carbonyl (C=O) groups excluding carboxylic acids is 2. The van der Waals surface area contributed by atoms with E-state index in [1.54, 1.807) is 5.57 Å². The first-order valence-corrected chi connectivity index (χ1v) is 13.3. The molecule has 0 spiro atoms. The van der Waals surface area contributed by atoms with E-state index >= 15 is 0 Å². The summed E-state index contributed by atoms with van der Waals surface area (Å²) in [6, 6.07) is 0. The highest BCUT2D eigenvalue weighted by Crippen LogP contribution is 2.68. The molecule has 33 heavy (non-hydrogen) atoms. The Morgan fingerprint density at radius 3 is 2.48 bits per heavy atom. The van der Waals surface area contributed by atoms with E-state index in [0.29, 0.717) is 46.4 Å². The van der Waals surface area contributed by atoms with Crippen LogP contribution in [0, 0.1) is 45.8 Å². The van der Waals surface area contributed by atoms with Crippen molar-refractivity contribution in [3.8, 4) is 0 Å². The largest absolute Gasteiger partial charge is 0.455 e. The summed E-state index contributed by atoms with van der Waals surface area (Å²) in [6.07, 6.45) is 12.9. The molecule has 0 aromatic rings. The van der Waals surface area contributed by atoms with Crippen molar-refractivity contribution in [2.24, 2.45) is 45.8 Å². The molecule has 0 aromatic carbocycles. The molecule has 0 saturated heterocycles. The van der Waals surface area contributed by atoms with Crippen LogP contribution in [0.2, 0.25) is 0 Å². The van der Waals surface area contributed by atoms with E-state index in [4.69, 9.17) is 4.74 Å². The van der Waals surface area contributed by atoms with Gasteiger partial charge in [0.25, 0.3) is 0 Å². The number of aliphatic hydroxyl groups excluding tert-OH is 1. The molecule has 0 bridgehead atoms. The van der Waals surface area contributed by atoms with Crippen LogP contribution in [0.3, 0.4) is 0 Å². The van der Waals surface area contributed by atoms with Gasteiger partial charge in [0.1, 0.15) is 11.9 Å². The molecule has 5 rings (SSSR count). The van der Waals surface area contributed by atoms with Gasteiger partial charge in [0.05, 0.1) is 12.2 Å². The van der Waals surface area contributed by atoms with E-state index in [0.717, 1.165) is 25.7 Å². The van der Waals surface area contributed by atoms with Crippen LogP contribution < -0.4 is 0 Å². The van der Waals surface area contributed by atoms with Crippen LogP contribution in [-0.2, 0) is 14.3 Å². The third-order valence-electron chi connectivity index (χ3n) is 11.2. The third-order valence-corrected chi connectivity index (χ3v) is 11.2. The standard InChI is InChI=1S/C29H42O4/c1-17(14-19-15-18(16-30)26(32)33-19)21-7-8-22-20-6-9-24-27(2,3)25(31)11-13-29(24,5)23(20)10-12-28(21,22)4/h6,15,17,19,21-24,30H,7-14,16H2,1-5H3. The van der Waals surface area contributed by atoms with Crippen LogP contribution >= 0.6 is 0 Å². The first-order valence-electron chi connectivity index (χ1n) is 13.3. The summed E-state index contributed by atoms with van der Waals surface area (Å²) in [5.41, 5.74) is 2.47. The molecule has 8 atom stereocenters. The van der Waals surface area contributed by atoms with Gasteiger partial charge in [0.15, 0.2) is 0 Å². The van der Waals surface area contributed by atoms with E-state index in [1.165, 1.54) is 25.7 Å². The Bertz CT molecular complexity index is 913. The first-order chi connectivity index (χ1) is 15.5. The van der Waals surface area contributed by atoms with Crippen molar-refractivity contribution in [3.63, 3.8) is 0 Å². The van der Waals surface area contributed by atoms with Gasteiger partial charge in [-0.25, -0.2) is 4.79 Å². The highest BCUT2D eigenvalue weighted by Gasteiger charge is 2.61. The summed E-state index contributed by atoms with van der Waals surface area (Å²) >= 11 is 0. The maximum absolute atomic E-state index is 12.8. The number of ether oxygens (including phenoxy) is 1. The van der Waals surface area contributed by atoms with Crippen LogP contribution in [0.1, 0.15) is 86.0 Å². The van der Waals surface area contributed by atoms with Crippen LogP contribution in [0.5, 0.6) is 0 Å². The van der Waals surface area contributed by atoms with Crippen LogP contribution in [0.4, 0.5) is 0 Å². The van der Waals surface area contributed by atoms with Crippen molar-refractivity contribution in [1.82, 2.24) is 0 Å². The first kappa shape index (κ1) is 23.3. The minimum Gasteiger partial charge on any atom is -0.455 e. The summed E-state index contributed by atoms with van der Waals surface area (Å²) in [6.45, 7) is 11.5. The zero-order valence-electron chi connectivity index (χ0n) is 21.2. The van der Waals surface area contributed by atoms with Crippen molar-refractivity contribution >= 4 is 11.8 Å². The molecule has 1 heterocycles. The maximum atomic E-state index is 12.8. The Morgan fingerprint density at radius 1 is 1.06 bits per heavy atom. The van der Waals surface area contributed by atoms with E-state index < -0.39 is 0 Å². The lowest BCUT2D eigenvalue weighted by Gasteiger charge is -2.60. The van der Waals surface area contributed by atoms with Gasteiger partial charge in [0, 0.05) is 11.8 Å². The zero-order valence-corrected chi connectivity index (χ0v) is 21.2. The average molecular weight is 455 g/mol. The summed E-state index contributed by atoms with van der Waals surface area (Å²) in [5.74, 6) is 2.95. The number of fused-ring (bicyclic) bond motifs is 5. The SMILES string of the molecule is CC(CC1C=C(CO)C(=O)O1)C1CCC2C3=CCC4C(C)(C)C(=O)CCC4(C)C3CCC21C. The Hall–Kier alpha value is -1.42. The van der Waals surface area contributed by atoms with E-state index in [-0.39, 0.29) is 29.5 Å². The number of allylic oxidation sites excluding steroid dienone is 2. The highest BCUT2D eigenvalue weighted by atomic mass is 16.5. The second kappa shape index (κ2) is 7.80. The van der Waals surface area contributed by atoms with Crippen molar-refractivity contribution in [3.05, 3.63) is 23.3 Å². The van der Waals surface area contributed by atoms with Gasteiger partial charge in [-0.05, 0) is 91.4 Å². The molecule has 8 unspecified atom stereocenters. The van der Waals surface area contributed by atoms with Crippen molar-refractivity contribution < 1.29 is 19.4 Å². The molecular formula is C29H42O4. The number of hydrogen-bond donors (Lipinski definition) is 1. The second-order valence-electron chi connectivity index (χ2n) is 13.0. The molecular weight excluding hydrogens is 412 g/mol. The molecule has 4 nitrogen and oxygen atoms in total. The number of Topliss-reactive ketones (excluding diaryl/α,β-unsaturated/α-hetero) is 1. The van der Waals surface area contributed by atoms with Crippen molar-refractivity contribution in [2.45, 2.75) is 92.1 Å². The lowest BCUT2D eigenvalue weighted by atomic mass is 9.44. The zero-order chi connectivity index (χ0) is 23.8. The topological polar surface area (TPSA) is 63.6 Å². The number of cyclic esters (lactones) is 1. The van der Waals surface area contributed by atoms with E-state index in [2.05, 4.69) is 40.7 Å². The molecule has 0 aromatic heterocycles. The van der Waals surface area contributed by atoms with Crippen molar-refractivity contribution in [1.29, 1.82) is 0 Å². The molecule has 182 valence electrons. The molecule has 5 aliphatic rings. The molecule has 1 N–H and O–H groups in total. The lowest BCUT2D eigenvalue weighted by Crippen LogP contribution is -2.55. The average Bonchev–Trinajstić information content (AvgIpc) is 3.29. The van der Waals surface area contributed by atoms with Crippen LogP contribution in [-0.4, -0.2) is 29.6 Å². The number of aliphatic hydroxyl groups is 1. The quantitative estimate of drug-likeness (QED) is 0.441. The fraction of sp³-hybridized carbons (Fsp3) is 0.793. The molecule has 4 aliphatic carbocycles. The number of rotatable bonds is 4. The highest BCUT2D eigenvalue weighted by molar-refractivity contribution is 5.91. The fourth-order valence-corrected chi connectivity index (χ4v) is 9.40. The lowest BCUT2D eigenvalue weighted by molar-refractivity contribution is -0.145. The van der Waals surface area contributed by atoms with Gasteiger partial charge in [-0.2, -0.15) is 0 Å². The third kappa shape index (κ3) is 3.33. The van der Waals surface area contributed by atoms with E-state index in [1.807, 2.05) is 6.08 Å². The normalized spacial score (nSPS) is 44.8. The summed E-state index contributed by atoms with van der Waals surface area (Å²) in [5, 5.41) is 9.36. The summed E-state index contributed by atoms with van der Waals surface area (Å²) in [7, 11) is 0. The van der Waals surface area contributed by atoms with Crippen molar-refractivity contribution in [2.75, 3.05) is 6.61 Å². The second-order valence-corrected chi connectivity index (χ2v) is 13.0. The number of hydrogen-bond acceptors (Lipinski definition) is 4. The molecule has 1 aliphatic heterocycles. The smallest absolute Gasteiger partial charge is 0.336 e. The van der Waals surface area contributed by atoms with Crippen LogP contribution in [0.25, 0.3) is 0 Å². The summed E-state index contributed by atoms with van der Waals surface area (Å²) < 4.78 is 5.52. The Morgan fingerprint density at radius 2 is 1.79 bits per heavy atom. The number of carbonyl (C=O) groups is 2. The predicted molar refractivity (Wildman–Crippen MR) is 128 cm³/mol. The number of esters is 1. The summed E-state index contributed by atoms with van der Waals surface area (Å²) in [4.78, 5) is 24.7. The predicted octanol–water partition coefficient (Wildman–Crippen LogP) is 5.64. The monoisotopic (exact) mass is 454 g/mol.